The van der Waals surface area contributed by atoms with Gasteiger partial charge in [-0.1, -0.05) is 6.07 Å². The number of benzene rings is 1. The third-order valence-electron chi connectivity index (χ3n) is 2.67. The monoisotopic (exact) mass is 296 g/mol. The molecule has 0 spiro atoms. The molecule has 21 heavy (non-hydrogen) atoms. The fourth-order valence-corrected chi connectivity index (χ4v) is 1.43. The van der Waals surface area contributed by atoms with E-state index in [2.05, 4.69) is 5.32 Å². The maximum atomic E-state index is 12.0. The summed E-state index contributed by atoms with van der Waals surface area (Å²) in [6.45, 7) is 4.20. The van der Waals surface area contributed by atoms with Crippen LogP contribution in [0.5, 0.6) is 5.75 Å². The van der Waals surface area contributed by atoms with E-state index >= 15 is 0 Å². The summed E-state index contributed by atoms with van der Waals surface area (Å²) in [5.41, 5.74) is -1.54. The number of amides is 1. The number of carboxylic acids is 1. The molecule has 1 aromatic carbocycles. The second kappa shape index (κ2) is 6.21. The first kappa shape index (κ1) is 16.4. The average Bonchev–Trinajstić information content (AvgIpc) is 2.38. The van der Waals surface area contributed by atoms with Gasteiger partial charge in [0.25, 0.3) is 11.6 Å². The molecule has 8 nitrogen and oxygen atoms in total. The third kappa shape index (κ3) is 4.44. The summed E-state index contributed by atoms with van der Waals surface area (Å²) in [7, 11) is 0. The first-order valence-electron chi connectivity index (χ1n) is 6.10. The van der Waals surface area contributed by atoms with Crippen molar-refractivity contribution in [1.29, 1.82) is 0 Å². The first-order valence-corrected chi connectivity index (χ1v) is 6.10. The van der Waals surface area contributed by atoms with Crippen LogP contribution in [0.15, 0.2) is 24.3 Å². The van der Waals surface area contributed by atoms with Crippen molar-refractivity contribution in [1.82, 2.24) is 5.32 Å². The van der Waals surface area contributed by atoms with Gasteiger partial charge in [-0.05, 0) is 26.8 Å². The van der Waals surface area contributed by atoms with Gasteiger partial charge in [0.2, 0.25) is 0 Å². The summed E-state index contributed by atoms with van der Waals surface area (Å²) in [4.78, 5) is 32.8. The van der Waals surface area contributed by atoms with Crippen molar-refractivity contribution in [2.24, 2.45) is 0 Å². The van der Waals surface area contributed by atoms with Crippen LogP contribution in [0.2, 0.25) is 0 Å². The van der Waals surface area contributed by atoms with Crippen LogP contribution < -0.4 is 10.1 Å². The molecule has 8 heteroatoms. The summed E-state index contributed by atoms with van der Waals surface area (Å²) in [5.74, 6) is -1.66. The molecule has 0 aliphatic rings. The Morgan fingerprint density at radius 3 is 2.57 bits per heavy atom. The average molecular weight is 296 g/mol. The van der Waals surface area contributed by atoms with E-state index in [1.807, 2.05) is 0 Å². The zero-order chi connectivity index (χ0) is 16.2. The maximum absolute atomic E-state index is 12.0. The summed E-state index contributed by atoms with van der Waals surface area (Å²) in [6, 6.07) is 4.33. The molecular formula is C13H16N2O6. The lowest BCUT2D eigenvalue weighted by molar-refractivity contribution is -0.385. The highest BCUT2D eigenvalue weighted by Gasteiger charge is 2.32. The lowest BCUT2D eigenvalue weighted by atomic mass is 10.1. The summed E-state index contributed by atoms with van der Waals surface area (Å²) in [6.07, 6.45) is 0. The number of non-ortho nitro benzene ring substituents is 1. The van der Waals surface area contributed by atoms with Crippen LogP contribution in [-0.2, 0) is 9.59 Å². The molecule has 2 N–H and O–H groups in total. The lowest BCUT2D eigenvalue weighted by Gasteiger charge is -2.26. The zero-order valence-corrected chi connectivity index (χ0v) is 11.8. The number of hydrogen-bond acceptors (Lipinski definition) is 5. The van der Waals surface area contributed by atoms with E-state index in [-0.39, 0.29) is 11.4 Å². The predicted molar refractivity (Wildman–Crippen MR) is 73.0 cm³/mol. The van der Waals surface area contributed by atoms with Crippen molar-refractivity contribution in [3.8, 4) is 5.75 Å². The van der Waals surface area contributed by atoms with E-state index in [0.717, 1.165) is 0 Å². The molecule has 0 bridgehead atoms. The Labute approximate surface area is 120 Å². The van der Waals surface area contributed by atoms with Crippen molar-refractivity contribution < 1.29 is 24.4 Å². The molecular weight excluding hydrogens is 280 g/mol. The Balaban J connectivity index is 2.84. The van der Waals surface area contributed by atoms with Crippen molar-refractivity contribution in [2.75, 3.05) is 0 Å². The topological polar surface area (TPSA) is 119 Å². The Bertz CT molecular complexity index is 570. The van der Waals surface area contributed by atoms with Crippen LogP contribution >= 0.6 is 0 Å². The van der Waals surface area contributed by atoms with Crippen LogP contribution in [0.3, 0.4) is 0 Å². The second-order valence-electron chi connectivity index (χ2n) is 4.90. The van der Waals surface area contributed by atoms with Gasteiger partial charge in [0.1, 0.15) is 11.8 Å². The molecule has 0 fully saturated rings. The summed E-state index contributed by atoms with van der Waals surface area (Å²) >= 11 is 0. The van der Waals surface area contributed by atoms with Crippen LogP contribution in [0, 0.1) is 10.1 Å². The molecule has 1 atom stereocenters. The number of carbonyl (C=O) groups is 2. The number of aliphatic carboxylic acids is 1. The molecule has 0 heterocycles. The van der Waals surface area contributed by atoms with Gasteiger partial charge < -0.3 is 15.2 Å². The van der Waals surface area contributed by atoms with Crippen molar-refractivity contribution >= 4 is 17.6 Å². The number of ether oxygens (including phenoxy) is 1. The number of nitrogens with one attached hydrogen (secondary N) is 1. The summed E-state index contributed by atoms with van der Waals surface area (Å²) < 4.78 is 5.43. The smallest absolute Gasteiger partial charge is 0.325 e. The number of rotatable bonds is 6. The van der Waals surface area contributed by atoms with E-state index in [1.165, 1.54) is 45.0 Å². The highest BCUT2D eigenvalue weighted by Crippen LogP contribution is 2.23. The summed E-state index contributed by atoms with van der Waals surface area (Å²) in [5, 5.41) is 21.7. The fraction of sp³-hybridized carbons (Fsp3) is 0.385. The van der Waals surface area contributed by atoms with Crippen LogP contribution in [-0.4, -0.2) is 33.5 Å². The van der Waals surface area contributed by atoms with Crippen LogP contribution in [0.4, 0.5) is 5.69 Å². The lowest BCUT2D eigenvalue weighted by Crippen LogP contribution is -2.51. The Morgan fingerprint density at radius 1 is 1.43 bits per heavy atom. The van der Waals surface area contributed by atoms with E-state index in [9.17, 15) is 19.7 Å². The van der Waals surface area contributed by atoms with Crippen LogP contribution in [0.25, 0.3) is 0 Å². The second-order valence-corrected chi connectivity index (χ2v) is 4.90. The zero-order valence-electron chi connectivity index (χ0n) is 11.8. The molecule has 0 saturated carbocycles. The quantitative estimate of drug-likeness (QED) is 0.604. The normalized spacial score (nSPS) is 12.3. The Kier molecular flexibility index (Phi) is 4.85. The predicted octanol–water partition coefficient (Wildman–Crippen LogP) is 1.34. The SMILES string of the molecule is CC(NC(=O)C(C)(C)Oc1cccc([N+](=O)[O-])c1)C(=O)O. The van der Waals surface area contributed by atoms with Gasteiger partial charge in [0, 0.05) is 6.07 Å². The molecule has 0 aliphatic carbocycles. The molecule has 1 unspecified atom stereocenters. The Morgan fingerprint density at radius 2 is 2.05 bits per heavy atom. The van der Waals surface area contributed by atoms with Crippen molar-refractivity contribution in [3.05, 3.63) is 34.4 Å². The van der Waals surface area contributed by atoms with Gasteiger partial charge in [-0.25, -0.2) is 0 Å². The molecule has 0 aromatic heterocycles. The molecule has 0 radical (unpaired) electrons. The van der Waals surface area contributed by atoms with Gasteiger partial charge in [-0.2, -0.15) is 0 Å². The van der Waals surface area contributed by atoms with E-state index in [4.69, 9.17) is 9.84 Å². The fourth-order valence-electron chi connectivity index (χ4n) is 1.43. The molecule has 1 aromatic rings. The minimum atomic E-state index is -1.38. The molecule has 0 saturated heterocycles. The van der Waals surface area contributed by atoms with Gasteiger partial charge in [-0.3, -0.25) is 19.7 Å². The standard InChI is InChI=1S/C13H16N2O6/c1-8(11(16)17)14-12(18)13(2,3)21-10-6-4-5-9(7-10)15(19)20/h4-8H,1-3H3,(H,14,18)(H,16,17). The molecule has 114 valence electrons. The number of nitrogens with zero attached hydrogens (tertiary/aromatic N) is 1. The number of carboxylic acid groups (broad SMARTS) is 1. The maximum Gasteiger partial charge on any atom is 0.325 e. The molecule has 1 rings (SSSR count). The van der Waals surface area contributed by atoms with Crippen molar-refractivity contribution in [2.45, 2.75) is 32.4 Å². The minimum Gasteiger partial charge on any atom is -0.480 e. The highest BCUT2D eigenvalue weighted by molar-refractivity contribution is 5.88. The van der Waals surface area contributed by atoms with Crippen molar-refractivity contribution in [3.63, 3.8) is 0 Å². The van der Waals surface area contributed by atoms with Gasteiger partial charge >= 0.3 is 5.97 Å². The number of nitro groups is 1. The van der Waals surface area contributed by atoms with E-state index in [0.29, 0.717) is 0 Å². The first-order chi connectivity index (χ1) is 9.63. The Hall–Kier alpha value is -2.64. The van der Waals surface area contributed by atoms with Gasteiger partial charge in [0.05, 0.1) is 11.0 Å². The largest absolute Gasteiger partial charge is 0.480 e. The number of carbonyl (C=O) groups excluding carboxylic acids is 1. The van der Waals surface area contributed by atoms with Gasteiger partial charge in [-0.15, -0.1) is 0 Å². The third-order valence-corrected chi connectivity index (χ3v) is 2.67. The minimum absolute atomic E-state index is 0.146. The molecule has 0 aliphatic heterocycles. The number of hydrogen-bond donors (Lipinski definition) is 2. The van der Waals surface area contributed by atoms with E-state index < -0.39 is 28.4 Å². The highest BCUT2D eigenvalue weighted by atomic mass is 16.6. The van der Waals surface area contributed by atoms with Gasteiger partial charge in [0.15, 0.2) is 5.60 Å². The molecule has 1 amide bonds. The number of nitro benzene ring substituents is 1. The van der Waals surface area contributed by atoms with E-state index in [1.54, 1.807) is 0 Å². The van der Waals surface area contributed by atoms with Crippen LogP contribution in [0.1, 0.15) is 20.8 Å².